The second kappa shape index (κ2) is 17.0. The zero-order chi connectivity index (χ0) is 23.1. The fourth-order valence-corrected chi connectivity index (χ4v) is 2.12. The van der Waals surface area contributed by atoms with Gasteiger partial charge < -0.3 is 23.7 Å². The Morgan fingerprint density at radius 1 is 0.536 bits per heavy atom. The minimum absolute atomic E-state index is 0.105. The highest BCUT2D eigenvalue weighted by molar-refractivity contribution is 5.60. The minimum atomic E-state index is -0.593. The van der Waals surface area contributed by atoms with Crippen molar-refractivity contribution in [3.63, 3.8) is 0 Å². The third-order valence-corrected chi connectivity index (χ3v) is 2.25. The normalized spacial score (nSPS) is 11.6. The molecule has 0 rings (SSSR count). The summed E-state index contributed by atoms with van der Waals surface area (Å²) in [5.74, 6) is -0.456. The summed E-state index contributed by atoms with van der Waals surface area (Å²) < 4.78 is 25.7. The van der Waals surface area contributed by atoms with Crippen LogP contribution >= 0.6 is 0 Å². The lowest BCUT2D eigenvalue weighted by Gasteiger charge is -2.29. The Morgan fingerprint density at radius 3 is 0.964 bits per heavy atom. The van der Waals surface area contributed by atoms with Crippen molar-refractivity contribution < 1.29 is 28.5 Å². The largest absolute Gasteiger partial charge is 0.508 e. The molecule has 0 aliphatic rings. The molecule has 0 fully saturated rings. The van der Waals surface area contributed by atoms with Crippen LogP contribution in [0.5, 0.6) is 0 Å². The number of rotatable bonds is 8. The average Bonchev–Trinajstić information content (AvgIpc) is 2.31. The van der Waals surface area contributed by atoms with Gasteiger partial charge in [-0.15, -0.1) is 0 Å². The van der Waals surface area contributed by atoms with E-state index in [1.807, 2.05) is 69.2 Å². The van der Waals surface area contributed by atoms with Crippen LogP contribution in [0.3, 0.4) is 0 Å². The summed E-state index contributed by atoms with van der Waals surface area (Å²) in [4.78, 5) is 10.6. The van der Waals surface area contributed by atoms with Gasteiger partial charge in [0, 0.05) is 0 Å². The van der Waals surface area contributed by atoms with Crippen molar-refractivity contribution in [3.05, 3.63) is 0 Å². The molecular weight excluding hydrogens is 360 g/mol. The molecule has 0 aliphatic heterocycles. The maximum Gasteiger partial charge on any atom is 0.508 e. The summed E-state index contributed by atoms with van der Waals surface area (Å²) in [6.45, 7) is 27.2. The molecule has 0 spiro atoms. The third-order valence-electron chi connectivity index (χ3n) is 2.25. The maximum atomic E-state index is 10.6. The van der Waals surface area contributed by atoms with E-state index in [0.29, 0.717) is 12.2 Å². The highest BCUT2D eigenvalue weighted by Gasteiger charge is 2.21. The second-order valence-corrected chi connectivity index (χ2v) is 8.55. The van der Waals surface area contributed by atoms with Gasteiger partial charge in [-0.3, -0.25) is 0 Å². The van der Waals surface area contributed by atoms with E-state index in [0.717, 1.165) is 0 Å². The standard InChI is InChI=1S/C9H20O2.C7H14O3.C6H14O/c1-7(2)10-9(5,6)11-8(3)4;1-5(2)9-7(8)10-6(3)4;1-5(2)7-6(3)4/h7-8H,1-6H3;5-6H,1-4H3;5-6H,1-4H3. The first kappa shape index (κ1) is 31.8. The summed E-state index contributed by atoms with van der Waals surface area (Å²) in [5, 5.41) is 0. The van der Waals surface area contributed by atoms with Crippen molar-refractivity contribution in [1.29, 1.82) is 0 Å². The van der Waals surface area contributed by atoms with Gasteiger partial charge in [-0.25, -0.2) is 4.79 Å². The summed E-state index contributed by atoms with van der Waals surface area (Å²) in [5.41, 5.74) is 0. The van der Waals surface area contributed by atoms with Gasteiger partial charge in [0.2, 0.25) is 0 Å². The average molecular weight is 409 g/mol. The Bertz CT molecular complexity index is 330. The lowest BCUT2D eigenvalue weighted by Crippen LogP contribution is -2.33. The predicted molar refractivity (Wildman–Crippen MR) is 116 cm³/mol. The smallest absolute Gasteiger partial charge is 0.432 e. The lowest BCUT2D eigenvalue weighted by molar-refractivity contribution is -0.246. The van der Waals surface area contributed by atoms with E-state index >= 15 is 0 Å². The van der Waals surface area contributed by atoms with Gasteiger partial charge in [0.25, 0.3) is 0 Å². The van der Waals surface area contributed by atoms with Crippen molar-refractivity contribution in [1.82, 2.24) is 0 Å². The Balaban J connectivity index is -0.000000343. The van der Waals surface area contributed by atoms with Gasteiger partial charge in [-0.05, 0) is 96.9 Å². The zero-order valence-corrected chi connectivity index (χ0v) is 20.9. The lowest BCUT2D eigenvalue weighted by atomic mass is 10.3. The van der Waals surface area contributed by atoms with Gasteiger partial charge in [0.1, 0.15) is 0 Å². The quantitative estimate of drug-likeness (QED) is 0.344. The van der Waals surface area contributed by atoms with Crippen LogP contribution in [0.25, 0.3) is 0 Å². The van der Waals surface area contributed by atoms with E-state index in [9.17, 15) is 4.79 Å². The van der Waals surface area contributed by atoms with Crippen LogP contribution in [-0.4, -0.2) is 48.6 Å². The van der Waals surface area contributed by atoms with E-state index in [4.69, 9.17) is 23.7 Å². The Hall–Kier alpha value is -0.850. The first-order valence-corrected chi connectivity index (χ1v) is 10.4. The fourth-order valence-electron chi connectivity index (χ4n) is 2.12. The number of carbonyl (C=O) groups excluding carboxylic acids is 1. The number of ether oxygens (including phenoxy) is 5. The number of hydrogen-bond acceptors (Lipinski definition) is 6. The molecule has 0 heterocycles. The number of hydrogen-bond donors (Lipinski definition) is 0. The molecule has 0 aromatic carbocycles. The van der Waals surface area contributed by atoms with Gasteiger partial charge in [-0.1, -0.05) is 0 Å². The first-order chi connectivity index (χ1) is 12.5. The topological polar surface area (TPSA) is 63.2 Å². The van der Waals surface area contributed by atoms with Crippen molar-refractivity contribution in [2.24, 2.45) is 0 Å². The minimum Gasteiger partial charge on any atom is -0.432 e. The van der Waals surface area contributed by atoms with Gasteiger partial charge in [0.15, 0.2) is 5.79 Å². The molecular formula is C22H48O6. The molecule has 0 radical (unpaired) electrons. The van der Waals surface area contributed by atoms with Crippen LogP contribution in [0.1, 0.15) is 96.9 Å². The molecule has 0 aromatic heterocycles. The van der Waals surface area contributed by atoms with Gasteiger partial charge in [-0.2, -0.15) is 0 Å². The van der Waals surface area contributed by atoms with Crippen LogP contribution in [-0.2, 0) is 23.7 Å². The molecule has 0 bridgehead atoms. The summed E-state index contributed by atoms with van der Waals surface area (Å²) in [6.07, 6.45) is 0.370. The molecule has 28 heavy (non-hydrogen) atoms. The predicted octanol–water partition coefficient (Wildman–Crippen LogP) is 6.35. The van der Waals surface area contributed by atoms with Crippen LogP contribution in [0, 0.1) is 0 Å². The highest BCUT2D eigenvalue weighted by Crippen LogP contribution is 2.15. The first-order valence-electron chi connectivity index (χ1n) is 10.4. The summed E-state index contributed by atoms with van der Waals surface area (Å²) in [6, 6.07) is 0. The molecule has 0 aliphatic carbocycles. The summed E-state index contributed by atoms with van der Waals surface area (Å²) in [7, 11) is 0. The maximum absolute atomic E-state index is 10.6. The molecule has 6 heteroatoms. The molecule has 0 aromatic rings. The molecule has 0 N–H and O–H groups in total. The third kappa shape index (κ3) is 32.8. The van der Waals surface area contributed by atoms with Gasteiger partial charge in [0.05, 0.1) is 36.6 Å². The molecule has 0 saturated heterocycles. The van der Waals surface area contributed by atoms with Crippen LogP contribution < -0.4 is 0 Å². The summed E-state index contributed by atoms with van der Waals surface area (Å²) >= 11 is 0. The van der Waals surface area contributed by atoms with Crippen LogP contribution in [0.15, 0.2) is 0 Å². The van der Waals surface area contributed by atoms with E-state index in [-0.39, 0.29) is 24.4 Å². The van der Waals surface area contributed by atoms with Crippen molar-refractivity contribution in [2.45, 2.75) is 139 Å². The molecule has 0 saturated carbocycles. The molecule has 6 nitrogen and oxygen atoms in total. The van der Waals surface area contributed by atoms with Crippen LogP contribution in [0.4, 0.5) is 4.79 Å². The Morgan fingerprint density at radius 2 is 0.821 bits per heavy atom. The van der Waals surface area contributed by atoms with E-state index in [1.165, 1.54) is 0 Å². The molecule has 172 valence electrons. The SMILES string of the molecule is CC(C)OC(=O)OC(C)C.CC(C)OC(C)(C)OC(C)C.CC(C)OC(C)C. The van der Waals surface area contributed by atoms with E-state index in [1.54, 1.807) is 27.7 Å². The molecule has 0 amide bonds. The van der Waals surface area contributed by atoms with Crippen molar-refractivity contribution >= 4 is 6.16 Å². The molecule has 0 unspecified atom stereocenters. The van der Waals surface area contributed by atoms with E-state index < -0.39 is 11.9 Å². The molecule has 0 atom stereocenters. The second-order valence-electron chi connectivity index (χ2n) is 8.55. The Kier molecular flexibility index (Phi) is 19.4. The monoisotopic (exact) mass is 408 g/mol. The zero-order valence-electron chi connectivity index (χ0n) is 20.9. The Labute approximate surface area is 174 Å². The fraction of sp³-hybridized carbons (Fsp3) is 0.955. The van der Waals surface area contributed by atoms with Gasteiger partial charge >= 0.3 is 6.16 Å². The van der Waals surface area contributed by atoms with E-state index in [2.05, 4.69) is 0 Å². The highest BCUT2D eigenvalue weighted by atomic mass is 16.7. The number of carbonyl (C=O) groups is 1. The van der Waals surface area contributed by atoms with Crippen molar-refractivity contribution in [3.8, 4) is 0 Å². The van der Waals surface area contributed by atoms with Crippen LogP contribution in [0.2, 0.25) is 0 Å². The van der Waals surface area contributed by atoms with Crippen molar-refractivity contribution in [2.75, 3.05) is 0 Å².